The van der Waals surface area contributed by atoms with Crippen LogP contribution >= 0.6 is 11.8 Å². The summed E-state index contributed by atoms with van der Waals surface area (Å²) in [7, 11) is 0. The Morgan fingerprint density at radius 3 is 2.89 bits per heavy atom. The van der Waals surface area contributed by atoms with Gasteiger partial charge in [-0.3, -0.25) is 0 Å². The van der Waals surface area contributed by atoms with Crippen LogP contribution in [0.5, 0.6) is 0 Å². The Morgan fingerprint density at radius 1 is 1.21 bits per heavy atom. The normalized spacial score (nSPS) is 10.8. The van der Waals surface area contributed by atoms with Crippen LogP contribution in [0.2, 0.25) is 0 Å². The molecule has 0 heterocycles. The summed E-state index contributed by atoms with van der Waals surface area (Å²) in [6.45, 7) is 8.15. The molecule has 0 spiro atoms. The first kappa shape index (κ1) is 16.5. The summed E-state index contributed by atoms with van der Waals surface area (Å²) in [4.78, 5) is 0. The standard InChI is InChI=1S/C16H27NOS/c1-3-18-11-5-4-9-17-10-12-19-14-16-8-6-7-15(2)13-16/h6-8,13,17H,3-5,9-12,14H2,1-2H3. The van der Waals surface area contributed by atoms with E-state index in [1.165, 1.54) is 23.3 Å². The minimum atomic E-state index is 0.836. The minimum absolute atomic E-state index is 0.836. The highest BCUT2D eigenvalue weighted by molar-refractivity contribution is 7.98. The van der Waals surface area contributed by atoms with E-state index in [4.69, 9.17) is 4.74 Å². The fourth-order valence-corrected chi connectivity index (χ4v) is 2.71. The first-order valence-electron chi connectivity index (χ1n) is 7.24. The van der Waals surface area contributed by atoms with Crippen LogP contribution in [0.1, 0.15) is 30.9 Å². The maximum absolute atomic E-state index is 5.31. The van der Waals surface area contributed by atoms with E-state index in [-0.39, 0.29) is 0 Å². The van der Waals surface area contributed by atoms with Gasteiger partial charge in [0.15, 0.2) is 0 Å². The molecule has 0 atom stereocenters. The number of hydrogen-bond acceptors (Lipinski definition) is 3. The summed E-state index contributed by atoms with van der Waals surface area (Å²) in [6.07, 6.45) is 2.37. The average Bonchev–Trinajstić information content (AvgIpc) is 2.41. The van der Waals surface area contributed by atoms with Gasteiger partial charge in [0.2, 0.25) is 0 Å². The second-order valence-electron chi connectivity index (χ2n) is 4.70. The molecule has 3 heteroatoms. The third-order valence-electron chi connectivity index (χ3n) is 2.87. The molecular weight excluding hydrogens is 254 g/mol. The van der Waals surface area contributed by atoms with Crippen molar-refractivity contribution in [1.82, 2.24) is 5.32 Å². The van der Waals surface area contributed by atoms with Gasteiger partial charge >= 0.3 is 0 Å². The van der Waals surface area contributed by atoms with Crippen molar-refractivity contribution in [3.05, 3.63) is 35.4 Å². The van der Waals surface area contributed by atoms with E-state index >= 15 is 0 Å². The molecule has 0 fully saturated rings. The predicted octanol–water partition coefficient (Wildman–Crippen LogP) is 3.63. The van der Waals surface area contributed by atoms with Gasteiger partial charge in [-0.1, -0.05) is 29.8 Å². The van der Waals surface area contributed by atoms with E-state index in [0.29, 0.717) is 0 Å². The van der Waals surface area contributed by atoms with Crippen LogP contribution in [-0.4, -0.2) is 32.1 Å². The maximum atomic E-state index is 5.31. The van der Waals surface area contributed by atoms with Gasteiger partial charge < -0.3 is 10.1 Å². The predicted molar refractivity (Wildman–Crippen MR) is 85.9 cm³/mol. The molecule has 0 unspecified atom stereocenters. The highest BCUT2D eigenvalue weighted by Gasteiger charge is 1.94. The van der Waals surface area contributed by atoms with Crippen LogP contribution in [0.3, 0.4) is 0 Å². The van der Waals surface area contributed by atoms with Gasteiger partial charge in [0.05, 0.1) is 0 Å². The van der Waals surface area contributed by atoms with Crippen LogP contribution in [0.15, 0.2) is 24.3 Å². The molecule has 1 aromatic rings. The van der Waals surface area contributed by atoms with E-state index in [1.807, 2.05) is 18.7 Å². The molecule has 0 aliphatic carbocycles. The van der Waals surface area contributed by atoms with Gasteiger partial charge in [0.1, 0.15) is 0 Å². The quantitative estimate of drug-likeness (QED) is 0.626. The summed E-state index contributed by atoms with van der Waals surface area (Å²) in [6, 6.07) is 8.77. The Kier molecular flexibility index (Phi) is 9.86. The van der Waals surface area contributed by atoms with Crippen LogP contribution in [0.4, 0.5) is 0 Å². The van der Waals surface area contributed by atoms with E-state index in [1.54, 1.807) is 0 Å². The van der Waals surface area contributed by atoms with Crippen molar-refractivity contribution in [3.63, 3.8) is 0 Å². The second-order valence-corrected chi connectivity index (χ2v) is 5.80. The van der Waals surface area contributed by atoms with E-state index < -0.39 is 0 Å². The van der Waals surface area contributed by atoms with E-state index in [0.717, 1.165) is 38.5 Å². The Balaban J connectivity index is 1.89. The maximum Gasteiger partial charge on any atom is 0.0466 e. The van der Waals surface area contributed by atoms with Crippen molar-refractivity contribution < 1.29 is 4.74 Å². The Labute approximate surface area is 122 Å². The van der Waals surface area contributed by atoms with Crippen molar-refractivity contribution in [3.8, 4) is 0 Å². The molecule has 19 heavy (non-hydrogen) atoms. The van der Waals surface area contributed by atoms with Crippen LogP contribution in [0, 0.1) is 6.92 Å². The lowest BCUT2D eigenvalue weighted by molar-refractivity contribution is 0.143. The molecule has 0 aliphatic heterocycles. The lowest BCUT2D eigenvalue weighted by Gasteiger charge is -2.05. The fraction of sp³-hybridized carbons (Fsp3) is 0.625. The van der Waals surface area contributed by atoms with Crippen LogP contribution < -0.4 is 5.32 Å². The van der Waals surface area contributed by atoms with Crippen molar-refractivity contribution in [1.29, 1.82) is 0 Å². The summed E-state index contributed by atoms with van der Waals surface area (Å²) in [5.74, 6) is 2.30. The van der Waals surface area contributed by atoms with Gasteiger partial charge in [-0.15, -0.1) is 0 Å². The molecular formula is C16H27NOS. The van der Waals surface area contributed by atoms with Gasteiger partial charge in [0.25, 0.3) is 0 Å². The number of nitrogens with one attached hydrogen (secondary N) is 1. The Bertz CT molecular complexity index is 330. The zero-order chi connectivity index (χ0) is 13.8. The molecule has 2 nitrogen and oxygen atoms in total. The molecule has 0 saturated heterocycles. The van der Waals surface area contributed by atoms with E-state index in [9.17, 15) is 0 Å². The molecule has 0 radical (unpaired) electrons. The third-order valence-corrected chi connectivity index (χ3v) is 3.90. The van der Waals surface area contributed by atoms with Gasteiger partial charge in [-0.25, -0.2) is 0 Å². The van der Waals surface area contributed by atoms with Crippen molar-refractivity contribution in [2.45, 2.75) is 32.4 Å². The Morgan fingerprint density at radius 2 is 2.11 bits per heavy atom. The minimum Gasteiger partial charge on any atom is -0.382 e. The van der Waals surface area contributed by atoms with Crippen molar-refractivity contribution in [2.75, 3.05) is 32.1 Å². The lowest BCUT2D eigenvalue weighted by Crippen LogP contribution is -2.18. The third kappa shape index (κ3) is 9.09. The average molecular weight is 281 g/mol. The number of benzene rings is 1. The molecule has 0 aliphatic rings. The highest BCUT2D eigenvalue weighted by Crippen LogP contribution is 2.12. The monoisotopic (exact) mass is 281 g/mol. The largest absolute Gasteiger partial charge is 0.382 e. The zero-order valence-corrected chi connectivity index (χ0v) is 13.1. The molecule has 108 valence electrons. The molecule has 1 N–H and O–H groups in total. The number of aryl methyl sites for hydroxylation is 1. The summed E-state index contributed by atoms with van der Waals surface area (Å²) >= 11 is 2.00. The smallest absolute Gasteiger partial charge is 0.0466 e. The molecule has 0 saturated carbocycles. The molecule has 1 rings (SSSR count). The fourth-order valence-electron chi connectivity index (χ4n) is 1.86. The Hall–Kier alpha value is -0.510. The summed E-state index contributed by atoms with van der Waals surface area (Å²) in [5.41, 5.74) is 2.78. The second kappa shape index (κ2) is 11.3. The molecule has 0 amide bonds. The van der Waals surface area contributed by atoms with Crippen LogP contribution in [0.25, 0.3) is 0 Å². The zero-order valence-electron chi connectivity index (χ0n) is 12.3. The molecule has 0 bridgehead atoms. The summed E-state index contributed by atoms with van der Waals surface area (Å²) in [5, 5.41) is 3.48. The first-order chi connectivity index (χ1) is 9.33. The number of hydrogen-bond donors (Lipinski definition) is 1. The van der Waals surface area contributed by atoms with Gasteiger partial charge in [0, 0.05) is 31.3 Å². The topological polar surface area (TPSA) is 21.3 Å². The van der Waals surface area contributed by atoms with Gasteiger partial charge in [-0.05, 0) is 38.8 Å². The van der Waals surface area contributed by atoms with Crippen molar-refractivity contribution in [2.24, 2.45) is 0 Å². The number of unbranched alkanes of at least 4 members (excludes halogenated alkanes) is 1. The van der Waals surface area contributed by atoms with Crippen molar-refractivity contribution >= 4 is 11.8 Å². The molecule has 0 aromatic heterocycles. The lowest BCUT2D eigenvalue weighted by atomic mass is 10.2. The van der Waals surface area contributed by atoms with Gasteiger partial charge in [-0.2, -0.15) is 11.8 Å². The van der Waals surface area contributed by atoms with Crippen LogP contribution in [-0.2, 0) is 10.5 Å². The summed E-state index contributed by atoms with van der Waals surface area (Å²) < 4.78 is 5.31. The van der Waals surface area contributed by atoms with E-state index in [2.05, 4.69) is 36.5 Å². The highest BCUT2D eigenvalue weighted by atomic mass is 32.2. The molecule has 1 aromatic carbocycles. The first-order valence-corrected chi connectivity index (χ1v) is 8.40. The number of rotatable bonds is 11. The SMILES string of the molecule is CCOCCCCNCCSCc1cccc(C)c1. The number of ether oxygens (including phenoxy) is 1. The number of thioether (sulfide) groups is 1.